The van der Waals surface area contributed by atoms with Crippen LogP contribution >= 0.6 is 0 Å². The topological polar surface area (TPSA) is 154 Å². The first-order chi connectivity index (χ1) is 22.4. The van der Waals surface area contributed by atoms with Crippen LogP contribution in [0.3, 0.4) is 0 Å². The molecule has 1 aliphatic heterocycles. The van der Waals surface area contributed by atoms with Crippen LogP contribution in [0.2, 0.25) is 0 Å². The molecule has 12 heteroatoms. The van der Waals surface area contributed by atoms with E-state index in [1.807, 2.05) is 42.5 Å². The molecule has 1 saturated heterocycles. The highest BCUT2D eigenvalue weighted by atomic mass is 16.7. The van der Waals surface area contributed by atoms with E-state index in [0.29, 0.717) is 17.1 Å². The van der Waals surface area contributed by atoms with Gasteiger partial charge in [0.1, 0.15) is 6.10 Å². The first kappa shape index (κ1) is 32.0. The largest absolute Gasteiger partial charge is 0.439 e. The van der Waals surface area contributed by atoms with Crippen LogP contribution in [0.15, 0.2) is 115 Å². The van der Waals surface area contributed by atoms with E-state index in [9.17, 15) is 19.5 Å². The average molecular weight is 628 g/mol. The van der Waals surface area contributed by atoms with Crippen LogP contribution in [0.4, 0.5) is 31.4 Å². The first-order valence-electron chi connectivity index (χ1n) is 14.4. The number of ether oxygens (including phenoxy) is 5. The van der Waals surface area contributed by atoms with Crippen molar-refractivity contribution in [2.75, 3.05) is 29.7 Å². The Morgan fingerprint density at radius 2 is 1.11 bits per heavy atom. The Morgan fingerprint density at radius 3 is 1.67 bits per heavy atom. The van der Waals surface area contributed by atoms with Crippen molar-refractivity contribution in [2.45, 2.75) is 30.7 Å². The van der Waals surface area contributed by atoms with Gasteiger partial charge in [-0.1, -0.05) is 84.9 Å². The molecule has 1 fully saturated rings. The molecule has 46 heavy (non-hydrogen) atoms. The SMILES string of the molecule is CO[C@H]1O[C@H](CO)[C@@H](OC(=O)Nc2ccccc2-c2ccccc2)[C@H](OC(=O)Nc2ccccc2)[C@H]1OC(=O)Nc1ccccc1. The molecule has 3 amide bonds. The number of methoxy groups -OCH3 is 1. The van der Waals surface area contributed by atoms with E-state index in [1.54, 1.807) is 72.8 Å². The maximum Gasteiger partial charge on any atom is 0.412 e. The number of para-hydroxylation sites is 3. The number of aliphatic hydroxyl groups excluding tert-OH is 1. The summed E-state index contributed by atoms with van der Waals surface area (Å²) >= 11 is 0. The molecule has 0 aliphatic carbocycles. The van der Waals surface area contributed by atoms with Crippen molar-refractivity contribution >= 4 is 35.3 Å². The molecular weight excluding hydrogens is 594 g/mol. The number of amides is 3. The first-order valence-corrected chi connectivity index (χ1v) is 14.4. The molecular formula is C34H33N3O9. The maximum absolute atomic E-state index is 13.4. The Labute approximate surface area is 265 Å². The number of benzene rings is 4. The predicted molar refractivity (Wildman–Crippen MR) is 169 cm³/mol. The van der Waals surface area contributed by atoms with Gasteiger partial charge in [-0.15, -0.1) is 0 Å². The predicted octanol–water partition coefficient (Wildman–Crippen LogP) is 5.87. The quantitative estimate of drug-likeness (QED) is 0.167. The molecule has 5 rings (SSSR count). The normalized spacial score (nSPS) is 20.5. The van der Waals surface area contributed by atoms with Crippen LogP contribution in [0, 0.1) is 0 Å². The van der Waals surface area contributed by atoms with Crippen LogP contribution in [0.5, 0.6) is 0 Å². The molecule has 0 radical (unpaired) electrons. The van der Waals surface area contributed by atoms with Gasteiger partial charge in [-0.25, -0.2) is 14.4 Å². The smallest absolute Gasteiger partial charge is 0.412 e. The lowest BCUT2D eigenvalue weighted by molar-refractivity contribution is -0.290. The molecule has 0 aromatic heterocycles. The highest BCUT2D eigenvalue weighted by Crippen LogP contribution is 2.31. The lowest BCUT2D eigenvalue weighted by atomic mass is 9.98. The highest BCUT2D eigenvalue weighted by molar-refractivity contribution is 5.91. The van der Waals surface area contributed by atoms with Gasteiger partial charge in [0, 0.05) is 24.0 Å². The van der Waals surface area contributed by atoms with Crippen LogP contribution in [-0.4, -0.2) is 67.8 Å². The molecule has 0 spiro atoms. The summed E-state index contributed by atoms with van der Waals surface area (Å²) in [6, 6.07) is 33.6. The van der Waals surface area contributed by atoms with Crippen molar-refractivity contribution < 1.29 is 43.2 Å². The second kappa shape index (κ2) is 15.5. The van der Waals surface area contributed by atoms with E-state index < -0.39 is 55.6 Å². The number of rotatable bonds is 9. The van der Waals surface area contributed by atoms with Gasteiger partial charge in [0.25, 0.3) is 0 Å². The summed E-state index contributed by atoms with van der Waals surface area (Å²) in [5.74, 6) is 0. The van der Waals surface area contributed by atoms with E-state index in [1.165, 1.54) is 7.11 Å². The van der Waals surface area contributed by atoms with Crippen molar-refractivity contribution in [2.24, 2.45) is 0 Å². The Hall–Kier alpha value is -5.43. The van der Waals surface area contributed by atoms with Crippen molar-refractivity contribution in [3.63, 3.8) is 0 Å². The monoisotopic (exact) mass is 627 g/mol. The Balaban J connectivity index is 1.41. The van der Waals surface area contributed by atoms with Gasteiger partial charge < -0.3 is 28.8 Å². The fourth-order valence-electron chi connectivity index (χ4n) is 4.93. The van der Waals surface area contributed by atoms with Gasteiger partial charge >= 0.3 is 18.3 Å². The number of aliphatic hydroxyl groups is 1. The third-order valence-electron chi connectivity index (χ3n) is 7.02. The Morgan fingerprint density at radius 1 is 0.630 bits per heavy atom. The number of anilines is 3. The van der Waals surface area contributed by atoms with E-state index >= 15 is 0 Å². The van der Waals surface area contributed by atoms with Crippen LogP contribution in [0.25, 0.3) is 11.1 Å². The van der Waals surface area contributed by atoms with Gasteiger partial charge in [-0.05, 0) is 35.9 Å². The van der Waals surface area contributed by atoms with Crippen molar-refractivity contribution in [1.82, 2.24) is 0 Å². The van der Waals surface area contributed by atoms with Gasteiger partial charge in [0.15, 0.2) is 24.6 Å². The van der Waals surface area contributed by atoms with Gasteiger partial charge in [0.2, 0.25) is 0 Å². The van der Waals surface area contributed by atoms with Gasteiger partial charge in [0.05, 0.1) is 12.3 Å². The summed E-state index contributed by atoms with van der Waals surface area (Å²) in [6.45, 7) is -0.651. The summed E-state index contributed by atoms with van der Waals surface area (Å²) in [4.78, 5) is 39.5. The molecule has 4 aromatic rings. The molecule has 238 valence electrons. The van der Waals surface area contributed by atoms with E-state index in [4.69, 9.17) is 23.7 Å². The lowest BCUT2D eigenvalue weighted by Gasteiger charge is -2.43. The summed E-state index contributed by atoms with van der Waals surface area (Å²) < 4.78 is 28.4. The van der Waals surface area contributed by atoms with Crippen molar-refractivity contribution in [3.8, 4) is 11.1 Å². The number of carbonyl (C=O) groups excluding carboxylic acids is 3. The second-order valence-corrected chi connectivity index (χ2v) is 10.1. The summed E-state index contributed by atoms with van der Waals surface area (Å²) in [7, 11) is 1.29. The van der Waals surface area contributed by atoms with E-state index in [0.717, 1.165) is 11.1 Å². The average Bonchev–Trinajstić information content (AvgIpc) is 3.07. The molecule has 0 unspecified atom stereocenters. The molecule has 5 atom stereocenters. The van der Waals surface area contributed by atoms with Crippen molar-refractivity contribution in [3.05, 3.63) is 115 Å². The minimum atomic E-state index is -1.49. The molecule has 0 bridgehead atoms. The molecule has 1 aliphatic rings. The molecule has 4 aromatic carbocycles. The second-order valence-electron chi connectivity index (χ2n) is 10.1. The summed E-state index contributed by atoms with van der Waals surface area (Å²) in [6.07, 6.45) is -9.70. The van der Waals surface area contributed by atoms with Crippen LogP contribution in [-0.2, 0) is 23.7 Å². The molecule has 0 saturated carbocycles. The fraction of sp³-hybridized carbons (Fsp3) is 0.206. The molecule has 1 heterocycles. The zero-order valence-electron chi connectivity index (χ0n) is 24.8. The number of nitrogens with one attached hydrogen (secondary N) is 3. The molecule has 4 N–H and O–H groups in total. The van der Waals surface area contributed by atoms with E-state index in [2.05, 4.69) is 16.0 Å². The standard InChI is InChI=1S/C34H33N3O9/c1-42-31-30(46-33(40)36-24-17-9-4-10-18-24)29(45-32(39)35-23-15-7-3-8-16-23)28(27(21-38)43-31)44-34(41)37-26-20-12-11-19-25(26)22-13-5-2-6-14-22/h2-20,27-31,38H,21H2,1H3,(H,35,39)(H,36,40)(H,37,41)/t27-,28-,29+,30-,31+/m1/s1. The van der Waals surface area contributed by atoms with Crippen molar-refractivity contribution in [1.29, 1.82) is 0 Å². The number of hydrogen-bond acceptors (Lipinski definition) is 9. The van der Waals surface area contributed by atoms with E-state index in [-0.39, 0.29) is 0 Å². The minimum absolute atomic E-state index is 0.425. The minimum Gasteiger partial charge on any atom is -0.439 e. The summed E-state index contributed by atoms with van der Waals surface area (Å²) in [5.41, 5.74) is 2.89. The van der Waals surface area contributed by atoms with Crippen LogP contribution in [0.1, 0.15) is 0 Å². The zero-order valence-corrected chi connectivity index (χ0v) is 24.8. The van der Waals surface area contributed by atoms with Crippen LogP contribution < -0.4 is 16.0 Å². The van der Waals surface area contributed by atoms with Gasteiger partial charge in [-0.3, -0.25) is 16.0 Å². The third-order valence-corrected chi connectivity index (χ3v) is 7.02. The fourth-order valence-corrected chi connectivity index (χ4v) is 4.93. The number of carbonyl (C=O) groups is 3. The number of hydrogen-bond donors (Lipinski definition) is 4. The summed E-state index contributed by atoms with van der Waals surface area (Å²) in [5, 5.41) is 18.1. The van der Waals surface area contributed by atoms with Gasteiger partial charge in [-0.2, -0.15) is 0 Å². The Bertz CT molecular complexity index is 1590. The zero-order chi connectivity index (χ0) is 32.3. The Kier molecular flexibility index (Phi) is 10.8. The lowest BCUT2D eigenvalue weighted by Crippen LogP contribution is -2.63. The molecule has 12 nitrogen and oxygen atoms in total. The highest BCUT2D eigenvalue weighted by Gasteiger charge is 2.52. The third kappa shape index (κ3) is 8.18. The maximum atomic E-state index is 13.4.